The van der Waals surface area contributed by atoms with E-state index in [0.29, 0.717) is 0 Å². The lowest BCUT2D eigenvalue weighted by molar-refractivity contribution is 0.418. The number of imidazole rings is 1. The van der Waals surface area contributed by atoms with Gasteiger partial charge >= 0.3 is 0 Å². The number of nitrogens with two attached hydrogens (primary N) is 2. The summed E-state index contributed by atoms with van der Waals surface area (Å²) in [6.45, 7) is 0. The second-order valence-electron chi connectivity index (χ2n) is 4.52. The van der Waals surface area contributed by atoms with Gasteiger partial charge in [0, 0.05) is 23.1 Å². The molecule has 2 aromatic rings. The summed E-state index contributed by atoms with van der Waals surface area (Å²) >= 11 is 0. The van der Waals surface area contributed by atoms with Gasteiger partial charge in [0.1, 0.15) is 5.82 Å². The van der Waals surface area contributed by atoms with E-state index in [0.717, 1.165) is 36.3 Å². The summed E-state index contributed by atoms with van der Waals surface area (Å²) in [5, 5.41) is 0. The van der Waals surface area contributed by atoms with E-state index in [9.17, 15) is 0 Å². The molecule has 1 aliphatic heterocycles. The number of anilines is 1. The molecule has 4 N–H and O–H groups in total. The van der Waals surface area contributed by atoms with Gasteiger partial charge in [0.05, 0.1) is 6.17 Å². The summed E-state index contributed by atoms with van der Waals surface area (Å²) in [6.07, 6.45) is 5.22. The predicted molar refractivity (Wildman–Crippen MR) is 68.2 cm³/mol. The van der Waals surface area contributed by atoms with Crippen LogP contribution >= 0.6 is 0 Å². The Morgan fingerprint density at radius 1 is 1.24 bits per heavy atom. The van der Waals surface area contributed by atoms with Crippen molar-refractivity contribution in [2.75, 3.05) is 5.73 Å². The number of aryl methyl sites for hydroxylation is 1. The topological polar surface area (TPSA) is 69.9 Å². The first-order valence-electron chi connectivity index (χ1n) is 5.93. The quantitative estimate of drug-likeness (QED) is 0.733. The minimum atomic E-state index is 0.0498. The zero-order valence-corrected chi connectivity index (χ0v) is 9.63. The average Bonchev–Trinajstić information content (AvgIpc) is 2.75. The third-order valence-electron chi connectivity index (χ3n) is 3.31. The normalized spacial score (nSPS) is 19.0. The van der Waals surface area contributed by atoms with Crippen LogP contribution < -0.4 is 11.5 Å². The Kier molecular flexibility index (Phi) is 2.37. The lowest BCUT2D eigenvalue weighted by atomic mass is 10.1. The second-order valence-corrected chi connectivity index (χ2v) is 4.52. The monoisotopic (exact) mass is 228 g/mol. The van der Waals surface area contributed by atoms with Crippen LogP contribution in [0.4, 0.5) is 5.69 Å². The van der Waals surface area contributed by atoms with Crippen LogP contribution in [0.5, 0.6) is 0 Å². The van der Waals surface area contributed by atoms with Crippen LogP contribution in [0.25, 0.3) is 11.4 Å². The molecule has 88 valence electrons. The molecule has 1 unspecified atom stereocenters. The number of rotatable bonds is 1. The molecular formula is C13H16N4. The van der Waals surface area contributed by atoms with Gasteiger partial charge in [-0.2, -0.15) is 0 Å². The summed E-state index contributed by atoms with van der Waals surface area (Å²) in [5.74, 6) is 0.951. The minimum absolute atomic E-state index is 0.0498. The highest BCUT2D eigenvalue weighted by Gasteiger charge is 2.20. The van der Waals surface area contributed by atoms with Gasteiger partial charge in [0.25, 0.3) is 0 Å². The Hall–Kier alpha value is -1.81. The molecule has 1 aliphatic rings. The molecule has 0 radical (unpaired) electrons. The van der Waals surface area contributed by atoms with Gasteiger partial charge in [-0.25, -0.2) is 4.98 Å². The molecule has 0 aliphatic carbocycles. The maximum absolute atomic E-state index is 6.16. The van der Waals surface area contributed by atoms with E-state index in [1.807, 2.05) is 30.5 Å². The highest BCUT2D eigenvalue weighted by atomic mass is 15.2. The Labute approximate surface area is 100 Å². The summed E-state index contributed by atoms with van der Waals surface area (Å²) in [6, 6.07) is 7.77. The maximum atomic E-state index is 6.16. The summed E-state index contributed by atoms with van der Waals surface area (Å²) in [4.78, 5) is 4.49. The first-order valence-corrected chi connectivity index (χ1v) is 5.93. The standard InChI is InChI=1S/C13H16N4/c14-10-6-4-9(5-7-10)13-16-8-11-2-1-3-12(15)17(11)13/h4-8,12H,1-3,14-15H2. The van der Waals surface area contributed by atoms with E-state index < -0.39 is 0 Å². The molecule has 4 heteroatoms. The Balaban J connectivity index is 2.09. The van der Waals surface area contributed by atoms with Crippen molar-refractivity contribution in [3.05, 3.63) is 36.2 Å². The van der Waals surface area contributed by atoms with Crippen LogP contribution in [0.2, 0.25) is 0 Å². The molecule has 4 nitrogen and oxygen atoms in total. The summed E-state index contributed by atoms with van der Waals surface area (Å²) in [7, 11) is 0. The predicted octanol–water partition coefficient (Wildman–Crippen LogP) is 1.93. The molecule has 3 rings (SSSR count). The lowest BCUT2D eigenvalue weighted by Crippen LogP contribution is -2.25. The van der Waals surface area contributed by atoms with Crippen LogP contribution in [0.3, 0.4) is 0 Å². The van der Waals surface area contributed by atoms with E-state index in [1.54, 1.807) is 0 Å². The SMILES string of the molecule is Nc1ccc(-c2ncc3n2C(N)CCC3)cc1. The van der Waals surface area contributed by atoms with Crippen molar-refractivity contribution in [1.82, 2.24) is 9.55 Å². The average molecular weight is 228 g/mol. The number of benzene rings is 1. The van der Waals surface area contributed by atoms with Crippen LogP contribution in [-0.2, 0) is 6.42 Å². The fraction of sp³-hybridized carbons (Fsp3) is 0.308. The largest absolute Gasteiger partial charge is 0.399 e. The lowest BCUT2D eigenvalue weighted by Gasteiger charge is -2.23. The van der Waals surface area contributed by atoms with Gasteiger partial charge in [-0.1, -0.05) is 0 Å². The first kappa shape index (κ1) is 10.4. The van der Waals surface area contributed by atoms with Gasteiger partial charge in [-0.15, -0.1) is 0 Å². The summed E-state index contributed by atoms with van der Waals surface area (Å²) in [5.41, 5.74) is 14.9. The Morgan fingerprint density at radius 2 is 2.00 bits per heavy atom. The molecular weight excluding hydrogens is 212 g/mol. The third-order valence-corrected chi connectivity index (χ3v) is 3.31. The van der Waals surface area contributed by atoms with Gasteiger partial charge < -0.3 is 16.0 Å². The van der Waals surface area contributed by atoms with Crippen LogP contribution in [0.1, 0.15) is 24.7 Å². The van der Waals surface area contributed by atoms with Gasteiger partial charge in [0.2, 0.25) is 0 Å². The van der Waals surface area contributed by atoms with Crippen molar-refractivity contribution in [2.45, 2.75) is 25.4 Å². The van der Waals surface area contributed by atoms with Crippen LogP contribution in [0.15, 0.2) is 30.5 Å². The highest BCUT2D eigenvalue weighted by molar-refractivity contribution is 5.59. The molecule has 0 spiro atoms. The van der Waals surface area contributed by atoms with Crippen LogP contribution in [-0.4, -0.2) is 9.55 Å². The molecule has 0 fully saturated rings. The van der Waals surface area contributed by atoms with Gasteiger partial charge in [0.15, 0.2) is 0 Å². The van der Waals surface area contributed by atoms with E-state index in [2.05, 4.69) is 9.55 Å². The number of nitrogens with zero attached hydrogens (tertiary/aromatic N) is 2. The summed E-state index contributed by atoms with van der Waals surface area (Å²) < 4.78 is 2.15. The van der Waals surface area contributed by atoms with E-state index in [1.165, 1.54) is 5.69 Å². The first-order chi connectivity index (χ1) is 8.25. The smallest absolute Gasteiger partial charge is 0.141 e. The van der Waals surface area contributed by atoms with Crippen molar-refractivity contribution in [3.63, 3.8) is 0 Å². The van der Waals surface area contributed by atoms with Crippen LogP contribution in [0, 0.1) is 0 Å². The van der Waals surface area contributed by atoms with Crippen molar-refractivity contribution in [3.8, 4) is 11.4 Å². The molecule has 1 aromatic carbocycles. The molecule has 0 saturated carbocycles. The fourth-order valence-corrected chi connectivity index (χ4v) is 2.42. The molecule has 17 heavy (non-hydrogen) atoms. The number of nitrogen functional groups attached to an aromatic ring is 1. The number of aromatic nitrogens is 2. The van der Waals surface area contributed by atoms with Gasteiger partial charge in [-0.3, -0.25) is 0 Å². The molecule has 1 aromatic heterocycles. The molecule has 2 heterocycles. The minimum Gasteiger partial charge on any atom is -0.399 e. The third kappa shape index (κ3) is 1.70. The number of hydrogen-bond donors (Lipinski definition) is 2. The number of hydrogen-bond acceptors (Lipinski definition) is 3. The Bertz CT molecular complexity index is 527. The number of fused-ring (bicyclic) bond motifs is 1. The molecule has 0 saturated heterocycles. The molecule has 0 bridgehead atoms. The van der Waals surface area contributed by atoms with Crippen molar-refractivity contribution in [2.24, 2.45) is 5.73 Å². The van der Waals surface area contributed by atoms with E-state index >= 15 is 0 Å². The zero-order chi connectivity index (χ0) is 11.8. The van der Waals surface area contributed by atoms with E-state index in [4.69, 9.17) is 11.5 Å². The maximum Gasteiger partial charge on any atom is 0.141 e. The molecule has 1 atom stereocenters. The second kappa shape index (κ2) is 3.89. The van der Waals surface area contributed by atoms with Crippen molar-refractivity contribution >= 4 is 5.69 Å². The molecule has 0 amide bonds. The highest BCUT2D eigenvalue weighted by Crippen LogP contribution is 2.28. The Morgan fingerprint density at radius 3 is 2.76 bits per heavy atom. The fourth-order valence-electron chi connectivity index (χ4n) is 2.42. The zero-order valence-electron chi connectivity index (χ0n) is 9.63. The van der Waals surface area contributed by atoms with Crippen molar-refractivity contribution < 1.29 is 0 Å². The van der Waals surface area contributed by atoms with Crippen molar-refractivity contribution in [1.29, 1.82) is 0 Å². The van der Waals surface area contributed by atoms with Gasteiger partial charge in [-0.05, 0) is 43.5 Å². The van der Waals surface area contributed by atoms with E-state index in [-0.39, 0.29) is 6.17 Å².